The first-order valence-corrected chi connectivity index (χ1v) is 11.1. The molecule has 3 N–H and O–H groups in total. The zero-order chi connectivity index (χ0) is 24.5. The number of hydrogen-bond acceptors (Lipinski definition) is 9. The molecule has 0 unspecified atom stereocenters. The molecule has 0 atom stereocenters. The van der Waals surface area contributed by atoms with Crippen molar-refractivity contribution < 1.29 is 14.2 Å². The second-order valence-corrected chi connectivity index (χ2v) is 7.43. The van der Waals surface area contributed by atoms with E-state index in [0.717, 1.165) is 26.1 Å². The summed E-state index contributed by atoms with van der Waals surface area (Å²) in [4.78, 5) is 6.64. The van der Waals surface area contributed by atoms with Crippen molar-refractivity contribution in [1.29, 1.82) is 5.26 Å². The molecule has 1 heterocycles. The molecule has 0 spiro atoms. The predicted molar refractivity (Wildman–Crippen MR) is 131 cm³/mol. The minimum absolute atomic E-state index is 0.208. The van der Waals surface area contributed by atoms with Crippen molar-refractivity contribution in [3.8, 4) is 29.0 Å². The van der Waals surface area contributed by atoms with E-state index in [-0.39, 0.29) is 5.95 Å². The van der Waals surface area contributed by atoms with Gasteiger partial charge in [-0.25, -0.2) is 0 Å². The van der Waals surface area contributed by atoms with E-state index in [1.807, 2.05) is 0 Å². The summed E-state index contributed by atoms with van der Waals surface area (Å²) in [6, 6.07) is 12.6. The summed E-state index contributed by atoms with van der Waals surface area (Å²) in [6.45, 7) is 7.84. The van der Waals surface area contributed by atoms with Gasteiger partial charge in [0.15, 0.2) is 11.5 Å². The van der Waals surface area contributed by atoms with Crippen LogP contribution >= 0.6 is 0 Å². The minimum Gasteiger partial charge on any atom is -0.493 e. The van der Waals surface area contributed by atoms with Gasteiger partial charge in [0.05, 0.1) is 38.1 Å². The Morgan fingerprint density at radius 2 is 1.74 bits per heavy atom. The van der Waals surface area contributed by atoms with Crippen molar-refractivity contribution >= 4 is 17.6 Å². The standard InChI is InChI=1S/C24H31N7O3/c1-5-30(6-2)12-7-13-34-22-20(32-3)14-18(15-21(22)33-4)27-24-28-23(26)31(29-24)19-10-8-17(16-25)9-11-19/h8-11,14-15H,5-7,12-13H2,1-4H3,(H3,26,27,28,29). The highest BCUT2D eigenvalue weighted by Gasteiger charge is 2.16. The number of nitrogen functional groups attached to an aromatic ring is 1. The van der Waals surface area contributed by atoms with Gasteiger partial charge in [0.2, 0.25) is 17.6 Å². The number of methoxy groups -OCH3 is 2. The molecule has 0 aliphatic carbocycles. The van der Waals surface area contributed by atoms with E-state index in [1.54, 1.807) is 50.6 Å². The highest BCUT2D eigenvalue weighted by atomic mass is 16.5. The van der Waals surface area contributed by atoms with Crippen molar-refractivity contribution in [3.63, 3.8) is 0 Å². The Morgan fingerprint density at radius 1 is 1.09 bits per heavy atom. The zero-order valence-electron chi connectivity index (χ0n) is 20.0. The largest absolute Gasteiger partial charge is 0.493 e. The zero-order valence-corrected chi connectivity index (χ0v) is 20.0. The average Bonchev–Trinajstić information content (AvgIpc) is 3.23. The summed E-state index contributed by atoms with van der Waals surface area (Å²) in [7, 11) is 3.16. The van der Waals surface area contributed by atoms with Gasteiger partial charge in [0.1, 0.15) is 0 Å². The summed E-state index contributed by atoms with van der Waals surface area (Å²) in [6.07, 6.45) is 0.893. The van der Waals surface area contributed by atoms with Crippen LogP contribution < -0.4 is 25.3 Å². The Balaban J connectivity index is 1.76. The van der Waals surface area contributed by atoms with E-state index in [9.17, 15) is 0 Å². The summed E-state index contributed by atoms with van der Waals surface area (Å²) >= 11 is 0. The van der Waals surface area contributed by atoms with Gasteiger partial charge < -0.3 is 30.2 Å². The maximum Gasteiger partial charge on any atom is 0.248 e. The number of aromatic nitrogens is 3. The van der Waals surface area contributed by atoms with Crippen LogP contribution in [-0.4, -0.2) is 60.1 Å². The Labute approximate surface area is 199 Å². The fraction of sp³-hybridized carbons (Fsp3) is 0.375. The van der Waals surface area contributed by atoms with Crippen molar-refractivity contribution in [3.05, 3.63) is 42.0 Å². The molecule has 2 aromatic carbocycles. The number of nitrogens with one attached hydrogen (secondary N) is 1. The maximum atomic E-state index is 8.98. The smallest absolute Gasteiger partial charge is 0.248 e. The lowest BCUT2D eigenvalue weighted by molar-refractivity contribution is 0.235. The molecule has 10 heteroatoms. The fourth-order valence-corrected chi connectivity index (χ4v) is 3.47. The van der Waals surface area contributed by atoms with Crippen LogP contribution in [0.4, 0.5) is 17.6 Å². The fourth-order valence-electron chi connectivity index (χ4n) is 3.47. The summed E-state index contributed by atoms with van der Waals surface area (Å²) in [5, 5.41) is 16.5. The predicted octanol–water partition coefficient (Wildman–Crippen LogP) is 3.59. The third kappa shape index (κ3) is 5.88. The first-order valence-electron chi connectivity index (χ1n) is 11.1. The molecule has 0 saturated carbocycles. The van der Waals surface area contributed by atoms with Crippen LogP contribution in [0.5, 0.6) is 17.2 Å². The normalized spacial score (nSPS) is 10.7. The van der Waals surface area contributed by atoms with Crippen LogP contribution in [0, 0.1) is 11.3 Å². The van der Waals surface area contributed by atoms with Crippen LogP contribution in [0.3, 0.4) is 0 Å². The maximum absolute atomic E-state index is 8.98. The number of nitriles is 1. The summed E-state index contributed by atoms with van der Waals surface area (Å²) in [5.74, 6) is 2.12. The summed E-state index contributed by atoms with van der Waals surface area (Å²) < 4.78 is 18.6. The number of benzene rings is 2. The van der Waals surface area contributed by atoms with Crippen LogP contribution in [-0.2, 0) is 0 Å². The van der Waals surface area contributed by atoms with Crippen LogP contribution in [0.15, 0.2) is 36.4 Å². The molecule has 0 aliphatic heterocycles. The highest BCUT2D eigenvalue weighted by Crippen LogP contribution is 2.41. The topological polar surface area (TPSA) is 123 Å². The second kappa shape index (κ2) is 11.8. The number of hydrogen-bond donors (Lipinski definition) is 2. The third-order valence-electron chi connectivity index (χ3n) is 5.35. The molecule has 180 valence electrons. The molecule has 0 radical (unpaired) electrons. The molecular formula is C24H31N7O3. The Kier molecular flexibility index (Phi) is 8.54. The third-order valence-corrected chi connectivity index (χ3v) is 5.35. The second-order valence-electron chi connectivity index (χ2n) is 7.43. The number of nitrogens with zero attached hydrogens (tertiary/aromatic N) is 5. The number of nitrogens with two attached hydrogens (primary N) is 1. The first-order chi connectivity index (χ1) is 16.5. The van der Waals surface area contributed by atoms with Gasteiger partial charge in [-0.3, -0.25) is 0 Å². The number of ether oxygens (including phenoxy) is 3. The SMILES string of the molecule is CCN(CC)CCCOc1c(OC)cc(Nc2nc(N)n(-c3ccc(C#N)cc3)n2)cc1OC. The Hall–Kier alpha value is -3.97. The number of anilines is 3. The first kappa shape index (κ1) is 24.7. The van der Waals surface area contributed by atoms with Gasteiger partial charge in [0, 0.05) is 24.4 Å². The number of rotatable bonds is 12. The molecule has 10 nitrogen and oxygen atoms in total. The molecular weight excluding hydrogens is 434 g/mol. The van der Waals surface area contributed by atoms with Crippen LogP contribution in [0.25, 0.3) is 5.69 Å². The van der Waals surface area contributed by atoms with E-state index in [2.05, 4.69) is 40.2 Å². The molecule has 0 bridgehead atoms. The molecule has 3 aromatic rings. The van der Waals surface area contributed by atoms with Gasteiger partial charge in [-0.05, 0) is 43.8 Å². The lowest BCUT2D eigenvalue weighted by Gasteiger charge is -2.19. The van der Waals surface area contributed by atoms with Gasteiger partial charge in [-0.2, -0.15) is 14.9 Å². The molecule has 0 amide bonds. The highest BCUT2D eigenvalue weighted by molar-refractivity contribution is 5.66. The van der Waals surface area contributed by atoms with E-state index >= 15 is 0 Å². The Morgan fingerprint density at radius 3 is 2.29 bits per heavy atom. The molecule has 0 aliphatic rings. The quantitative estimate of drug-likeness (QED) is 0.386. The van der Waals surface area contributed by atoms with Crippen LogP contribution in [0.1, 0.15) is 25.8 Å². The molecule has 34 heavy (non-hydrogen) atoms. The minimum atomic E-state index is 0.208. The van der Waals surface area contributed by atoms with Crippen molar-refractivity contribution in [1.82, 2.24) is 19.7 Å². The van der Waals surface area contributed by atoms with Crippen LogP contribution in [0.2, 0.25) is 0 Å². The molecule has 0 saturated heterocycles. The van der Waals surface area contributed by atoms with E-state index < -0.39 is 0 Å². The Bertz CT molecular complexity index is 1090. The lowest BCUT2D eigenvalue weighted by atomic mass is 10.2. The average molecular weight is 466 g/mol. The van der Waals surface area contributed by atoms with Gasteiger partial charge in [0.25, 0.3) is 0 Å². The summed E-state index contributed by atoms with van der Waals surface area (Å²) in [5.41, 5.74) is 7.95. The molecule has 0 fully saturated rings. The van der Waals surface area contributed by atoms with Crippen molar-refractivity contribution in [2.45, 2.75) is 20.3 Å². The monoisotopic (exact) mass is 465 g/mol. The van der Waals surface area contributed by atoms with Gasteiger partial charge in [-0.15, -0.1) is 5.10 Å². The lowest BCUT2D eigenvalue weighted by Crippen LogP contribution is -2.25. The van der Waals surface area contributed by atoms with Gasteiger partial charge in [-0.1, -0.05) is 13.8 Å². The van der Waals surface area contributed by atoms with E-state index in [0.29, 0.717) is 46.7 Å². The van der Waals surface area contributed by atoms with E-state index in [4.69, 9.17) is 25.2 Å². The van der Waals surface area contributed by atoms with Gasteiger partial charge >= 0.3 is 0 Å². The molecule has 3 rings (SSSR count). The van der Waals surface area contributed by atoms with Crippen molar-refractivity contribution in [2.75, 3.05) is 51.5 Å². The molecule has 1 aromatic heterocycles. The van der Waals surface area contributed by atoms with Crippen molar-refractivity contribution in [2.24, 2.45) is 0 Å². The van der Waals surface area contributed by atoms with E-state index in [1.165, 1.54) is 4.68 Å².